The Balaban J connectivity index is 2.09. The number of aryl methyl sites for hydroxylation is 1. The van der Waals surface area contributed by atoms with Gasteiger partial charge in [0.15, 0.2) is 0 Å². The maximum atomic E-state index is 13.6. The van der Waals surface area contributed by atoms with Crippen molar-refractivity contribution in [3.63, 3.8) is 0 Å². The highest BCUT2D eigenvalue weighted by atomic mass is 19.1. The maximum absolute atomic E-state index is 13.6. The molecule has 1 heterocycles. The average molecular weight is 236 g/mol. The van der Waals surface area contributed by atoms with Gasteiger partial charge in [-0.3, -0.25) is 4.79 Å². The van der Waals surface area contributed by atoms with Crippen molar-refractivity contribution in [3.05, 3.63) is 35.1 Å². The molecule has 1 aliphatic rings. The van der Waals surface area contributed by atoms with E-state index in [2.05, 4.69) is 17.6 Å². The van der Waals surface area contributed by atoms with Crippen LogP contribution in [0.15, 0.2) is 18.2 Å². The lowest BCUT2D eigenvalue weighted by Crippen LogP contribution is -2.39. The van der Waals surface area contributed by atoms with Crippen LogP contribution in [-0.2, 0) is 0 Å². The first kappa shape index (κ1) is 12.0. The van der Waals surface area contributed by atoms with Gasteiger partial charge in [0.1, 0.15) is 5.82 Å². The number of rotatable bonds is 2. The van der Waals surface area contributed by atoms with Gasteiger partial charge < -0.3 is 10.6 Å². The number of hydrogen-bond acceptors (Lipinski definition) is 2. The molecule has 17 heavy (non-hydrogen) atoms. The topological polar surface area (TPSA) is 41.1 Å². The van der Waals surface area contributed by atoms with E-state index in [1.807, 2.05) is 0 Å². The second kappa shape index (κ2) is 4.84. The molecule has 2 rings (SSSR count). The van der Waals surface area contributed by atoms with Crippen molar-refractivity contribution in [1.82, 2.24) is 10.6 Å². The van der Waals surface area contributed by atoms with Crippen LogP contribution in [0.5, 0.6) is 0 Å². The van der Waals surface area contributed by atoms with Crippen LogP contribution in [-0.4, -0.2) is 25.0 Å². The third-order valence-corrected chi connectivity index (χ3v) is 3.20. The molecule has 0 saturated carbocycles. The molecule has 1 aliphatic heterocycles. The Morgan fingerprint density at radius 1 is 1.47 bits per heavy atom. The zero-order chi connectivity index (χ0) is 12.4. The van der Waals surface area contributed by atoms with Crippen molar-refractivity contribution in [2.24, 2.45) is 5.92 Å². The monoisotopic (exact) mass is 236 g/mol. The zero-order valence-corrected chi connectivity index (χ0v) is 10.1. The average Bonchev–Trinajstić information content (AvgIpc) is 2.64. The highest BCUT2D eigenvalue weighted by Crippen LogP contribution is 2.12. The summed E-state index contributed by atoms with van der Waals surface area (Å²) in [7, 11) is 0. The van der Waals surface area contributed by atoms with E-state index in [0.717, 1.165) is 18.7 Å². The molecule has 1 aromatic rings. The number of amides is 1. The van der Waals surface area contributed by atoms with E-state index >= 15 is 0 Å². The van der Waals surface area contributed by atoms with Gasteiger partial charge in [-0.15, -0.1) is 0 Å². The number of carbonyl (C=O) groups excluding carboxylic acids is 1. The summed E-state index contributed by atoms with van der Waals surface area (Å²) in [6, 6.07) is 4.75. The highest BCUT2D eigenvalue weighted by Gasteiger charge is 2.25. The van der Waals surface area contributed by atoms with E-state index in [1.165, 1.54) is 12.1 Å². The maximum Gasteiger partial charge on any atom is 0.254 e. The minimum atomic E-state index is -0.457. The third-order valence-electron chi connectivity index (χ3n) is 3.20. The van der Waals surface area contributed by atoms with E-state index in [4.69, 9.17) is 0 Å². The predicted octanol–water partition coefficient (Wildman–Crippen LogP) is 1.47. The summed E-state index contributed by atoms with van der Waals surface area (Å²) in [4.78, 5) is 11.9. The van der Waals surface area contributed by atoms with Crippen LogP contribution in [0.4, 0.5) is 4.39 Å². The Hall–Kier alpha value is -1.42. The Labute approximate surface area is 100 Å². The molecule has 3 nitrogen and oxygen atoms in total. The first-order chi connectivity index (χ1) is 8.08. The van der Waals surface area contributed by atoms with Gasteiger partial charge in [-0.05, 0) is 37.1 Å². The molecule has 0 bridgehead atoms. The van der Waals surface area contributed by atoms with Crippen molar-refractivity contribution < 1.29 is 9.18 Å². The Bertz CT molecular complexity index is 433. The van der Waals surface area contributed by atoms with Gasteiger partial charge in [-0.2, -0.15) is 0 Å². The molecule has 1 aromatic carbocycles. The minimum Gasteiger partial charge on any atom is -0.348 e. The molecule has 0 aliphatic carbocycles. The van der Waals surface area contributed by atoms with Gasteiger partial charge in [0.25, 0.3) is 5.91 Å². The van der Waals surface area contributed by atoms with Crippen LogP contribution in [0.25, 0.3) is 0 Å². The fraction of sp³-hybridized carbons (Fsp3) is 0.462. The summed E-state index contributed by atoms with van der Waals surface area (Å²) in [6.07, 6.45) is 0. The van der Waals surface area contributed by atoms with Crippen LogP contribution in [0.3, 0.4) is 0 Å². The standard InChI is InChI=1S/C13H17FN2O/c1-8-3-4-10(11(14)5-8)13(17)16-12-7-15-6-9(12)2/h3-5,9,12,15H,6-7H2,1-2H3,(H,16,17). The fourth-order valence-electron chi connectivity index (χ4n) is 2.05. The van der Waals surface area contributed by atoms with Crippen molar-refractivity contribution in [2.75, 3.05) is 13.1 Å². The van der Waals surface area contributed by atoms with Crippen LogP contribution >= 0.6 is 0 Å². The van der Waals surface area contributed by atoms with Crippen LogP contribution in [0.1, 0.15) is 22.8 Å². The summed E-state index contributed by atoms with van der Waals surface area (Å²) in [5.74, 6) is -0.406. The molecule has 0 spiro atoms. The van der Waals surface area contributed by atoms with Gasteiger partial charge in [0, 0.05) is 12.6 Å². The number of benzene rings is 1. The smallest absolute Gasteiger partial charge is 0.254 e. The Morgan fingerprint density at radius 3 is 2.82 bits per heavy atom. The quantitative estimate of drug-likeness (QED) is 0.816. The van der Waals surface area contributed by atoms with E-state index < -0.39 is 5.82 Å². The van der Waals surface area contributed by atoms with E-state index in [-0.39, 0.29) is 17.5 Å². The van der Waals surface area contributed by atoms with Gasteiger partial charge in [-0.1, -0.05) is 13.0 Å². The number of carbonyl (C=O) groups is 1. The molecule has 0 radical (unpaired) electrons. The molecule has 0 aromatic heterocycles. The molecule has 1 amide bonds. The largest absolute Gasteiger partial charge is 0.348 e. The molecule has 2 atom stereocenters. The van der Waals surface area contributed by atoms with Crippen molar-refractivity contribution >= 4 is 5.91 Å². The summed E-state index contributed by atoms with van der Waals surface area (Å²) in [5, 5.41) is 6.06. The molecule has 2 N–H and O–H groups in total. The lowest BCUT2D eigenvalue weighted by atomic mass is 10.1. The zero-order valence-electron chi connectivity index (χ0n) is 10.1. The molecule has 4 heteroatoms. The van der Waals surface area contributed by atoms with Gasteiger partial charge in [-0.25, -0.2) is 4.39 Å². The fourth-order valence-corrected chi connectivity index (χ4v) is 2.05. The summed E-state index contributed by atoms with van der Waals surface area (Å²) in [5.41, 5.74) is 0.935. The minimum absolute atomic E-state index is 0.0863. The number of hydrogen-bond donors (Lipinski definition) is 2. The Morgan fingerprint density at radius 2 is 2.24 bits per heavy atom. The summed E-state index contributed by atoms with van der Waals surface area (Å²) < 4.78 is 13.6. The third kappa shape index (κ3) is 2.64. The molecular weight excluding hydrogens is 219 g/mol. The second-order valence-electron chi connectivity index (χ2n) is 4.70. The second-order valence-corrected chi connectivity index (χ2v) is 4.70. The van der Waals surface area contributed by atoms with Crippen molar-refractivity contribution in [2.45, 2.75) is 19.9 Å². The molecular formula is C13H17FN2O. The number of nitrogens with one attached hydrogen (secondary N) is 2. The van der Waals surface area contributed by atoms with Crippen LogP contribution in [0.2, 0.25) is 0 Å². The molecule has 1 fully saturated rings. The van der Waals surface area contributed by atoms with Gasteiger partial charge >= 0.3 is 0 Å². The SMILES string of the molecule is Cc1ccc(C(=O)NC2CNCC2C)c(F)c1. The highest BCUT2D eigenvalue weighted by molar-refractivity contribution is 5.94. The van der Waals surface area contributed by atoms with E-state index in [1.54, 1.807) is 13.0 Å². The van der Waals surface area contributed by atoms with E-state index in [0.29, 0.717) is 5.92 Å². The van der Waals surface area contributed by atoms with Crippen molar-refractivity contribution in [3.8, 4) is 0 Å². The van der Waals surface area contributed by atoms with E-state index in [9.17, 15) is 9.18 Å². The van der Waals surface area contributed by atoms with Crippen LogP contribution in [0, 0.1) is 18.7 Å². The summed E-state index contributed by atoms with van der Waals surface area (Å²) in [6.45, 7) is 5.51. The van der Waals surface area contributed by atoms with Crippen molar-refractivity contribution in [1.29, 1.82) is 0 Å². The Kier molecular flexibility index (Phi) is 3.43. The first-order valence-corrected chi connectivity index (χ1v) is 5.85. The van der Waals surface area contributed by atoms with Crippen LogP contribution < -0.4 is 10.6 Å². The van der Waals surface area contributed by atoms with Gasteiger partial charge in [0.2, 0.25) is 0 Å². The molecule has 92 valence electrons. The molecule has 2 unspecified atom stereocenters. The molecule has 1 saturated heterocycles. The lowest BCUT2D eigenvalue weighted by molar-refractivity contribution is 0.0929. The summed E-state index contributed by atoms with van der Waals surface area (Å²) >= 11 is 0. The normalized spacial score (nSPS) is 23.7. The number of halogens is 1. The lowest BCUT2D eigenvalue weighted by Gasteiger charge is -2.16. The first-order valence-electron chi connectivity index (χ1n) is 5.85. The predicted molar refractivity (Wildman–Crippen MR) is 64.4 cm³/mol. The van der Waals surface area contributed by atoms with Gasteiger partial charge in [0.05, 0.1) is 5.56 Å².